The first-order valence-electron chi connectivity index (χ1n) is 9.07. The second kappa shape index (κ2) is 7.97. The summed E-state index contributed by atoms with van der Waals surface area (Å²) in [4.78, 5) is 2.75. The van der Waals surface area contributed by atoms with E-state index in [9.17, 15) is 8.42 Å². The molecule has 2 heterocycles. The van der Waals surface area contributed by atoms with Crippen LogP contribution in [0.3, 0.4) is 0 Å². The summed E-state index contributed by atoms with van der Waals surface area (Å²) in [6.07, 6.45) is 3.73. The molecule has 0 aromatic carbocycles. The Balaban J connectivity index is 2.13. The van der Waals surface area contributed by atoms with Crippen molar-refractivity contribution in [1.29, 1.82) is 0 Å². The van der Waals surface area contributed by atoms with Gasteiger partial charge in [-0.3, -0.25) is 4.68 Å². The van der Waals surface area contributed by atoms with Gasteiger partial charge in [-0.05, 0) is 45.1 Å². The molecule has 6 nitrogen and oxygen atoms in total. The maximum Gasteiger partial charge on any atom is 0.244 e. The lowest BCUT2D eigenvalue weighted by atomic mass is 10.00. The molecule has 2 atom stereocenters. The topological polar surface area (TPSA) is 67.2 Å². The van der Waals surface area contributed by atoms with Crippen molar-refractivity contribution in [1.82, 2.24) is 19.4 Å². The highest BCUT2D eigenvalue weighted by Gasteiger charge is 2.28. The number of hydrogen-bond acceptors (Lipinski definition) is 4. The van der Waals surface area contributed by atoms with E-state index in [0.717, 1.165) is 25.3 Å². The van der Waals surface area contributed by atoms with Crippen molar-refractivity contribution in [2.75, 3.05) is 19.6 Å². The number of likely N-dealkylation sites (tertiary alicyclic amines) is 1. The number of aryl methyl sites for hydroxylation is 2. The van der Waals surface area contributed by atoms with Gasteiger partial charge >= 0.3 is 0 Å². The summed E-state index contributed by atoms with van der Waals surface area (Å²) in [6.45, 7) is 11.0. The van der Waals surface area contributed by atoms with Gasteiger partial charge in [-0.2, -0.15) is 5.10 Å². The van der Waals surface area contributed by atoms with Crippen LogP contribution in [-0.2, 0) is 29.9 Å². The van der Waals surface area contributed by atoms with Crippen molar-refractivity contribution >= 4 is 10.0 Å². The zero-order valence-corrected chi connectivity index (χ0v) is 16.5. The van der Waals surface area contributed by atoms with Gasteiger partial charge in [0.1, 0.15) is 4.90 Å². The summed E-state index contributed by atoms with van der Waals surface area (Å²) in [5.41, 5.74) is 1.43. The second-order valence-electron chi connectivity index (χ2n) is 7.08. The standard InChI is InChI=1S/C17H32N4O2S/c1-6-15-17(16(7-2)20(5)18-15)24(22,23)19-14(4)12-21-10-8-9-13(3)11-21/h13-14,19H,6-12H2,1-5H3/t13-,14-/m0/s1. The van der Waals surface area contributed by atoms with Crippen molar-refractivity contribution in [3.05, 3.63) is 11.4 Å². The molecule has 138 valence electrons. The van der Waals surface area contributed by atoms with E-state index in [4.69, 9.17) is 0 Å². The van der Waals surface area contributed by atoms with Crippen molar-refractivity contribution < 1.29 is 8.42 Å². The van der Waals surface area contributed by atoms with Crippen molar-refractivity contribution in [3.63, 3.8) is 0 Å². The number of rotatable bonds is 7. The Morgan fingerprint density at radius 3 is 2.62 bits per heavy atom. The minimum Gasteiger partial charge on any atom is -0.301 e. The molecule has 1 aliphatic heterocycles. The van der Waals surface area contributed by atoms with E-state index in [1.165, 1.54) is 12.8 Å². The highest BCUT2D eigenvalue weighted by atomic mass is 32.2. The van der Waals surface area contributed by atoms with Gasteiger partial charge in [0.05, 0.1) is 11.4 Å². The maximum absolute atomic E-state index is 12.9. The number of hydrogen-bond donors (Lipinski definition) is 1. The molecule has 0 unspecified atom stereocenters. The zero-order chi connectivity index (χ0) is 17.9. The van der Waals surface area contributed by atoms with Gasteiger partial charge < -0.3 is 4.90 Å². The molecule has 0 radical (unpaired) electrons. The lowest BCUT2D eigenvalue weighted by molar-refractivity contribution is 0.174. The second-order valence-corrected chi connectivity index (χ2v) is 8.73. The number of piperidine rings is 1. The molecule has 0 amide bonds. The minimum atomic E-state index is -3.55. The maximum atomic E-state index is 12.9. The van der Waals surface area contributed by atoms with Gasteiger partial charge in [0.25, 0.3) is 0 Å². The van der Waals surface area contributed by atoms with E-state index in [1.807, 2.05) is 27.8 Å². The molecule has 1 aliphatic rings. The van der Waals surface area contributed by atoms with Crippen LogP contribution in [0.25, 0.3) is 0 Å². The average molecular weight is 357 g/mol. The predicted molar refractivity (Wildman–Crippen MR) is 96.6 cm³/mol. The van der Waals surface area contributed by atoms with Crippen molar-refractivity contribution in [2.24, 2.45) is 13.0 Å². The summed E-state index contributed by atoms with van der Waals surface area (Å²) >= 11 is 0. The summed E-state index contributed by atoms with van der Waals surface area (Å²) in [5, 5.41) is 4.39. The van der Waals surface area contributed by atoms with E-state index >= 15 is 0 Å². The number of sulfonamides is 1. The summed E-state index contributed by atoms with van der Waals surface area (Å²) < 4.78 is 30.5. The Hall–Kier alpha value is -0.920. The molecule has 7 heteroatoms. The molecular weight excluding hydrogens is 324 g/mol. The Bertz CT molecular complexity index is 654. The molecule has 1 aromatic heterocycles. The zero-order valence-electron chi connectivity index (χ0n) is 15.7. The van der Waals surface area contributed by atoms with Gasteiger partial charge in [-0.15, -0.1) is 0 Å². The average Bonchev–Trinajstić information content (AvgIpc) is 2.83. The molecule has 24 heavy (non-hydrogen) atoms. The highest BCUT2D eigenvalue weighted by molar-refractivity contribution is 7.89. The van der Waals surface area contributed by atoms with Crippen LogP contribution < -0.4 is 4.72 Å². The van der Waals surface area contributed by atoms with Crippen LogP contribution in [-0.4, -0.2) is 48.8 Å². The van der Waals surface area contributed by atoms with Crippen LogP contribution in [0.2, 0.25) is 0 Å². The molecule has 1 aromatic rings. The predicted octanol–water partition coefficient (Wildman–Crippen LogP) is 1.94. The normalized spacial score (nSPS) is 21.1. The first-order chi connectivity index (χ1) is 11.3. The fraction of sp³-hybridized carbons (Fsp3) is 0.824. The Morgan fingerprint density at radius 2 is 2.04 bits per heavy atom. The fourth-order valence-corrected chi connectivity index (χ4v) is 5.54. The van der Waals surface area contributed by atoms with Crippen LogP contribution in [0.1, 0.15) is 51.9 Å². The highest BCUT2D eigenvalue weighted by Crippen LogP contribution is 2.22. The van der Waals surface area contributed by atoms with Crippen LogP contribution >= 0.6 is 0 Å². The summed E-state index contributed by atoms with van der Waals surface area (Å²) in [5.74, 6) is 0.694. The molecule has 0 saturated carbocycles. The quantitative estimate of drug-likeness (QED) is 0.811. The van der Waals surface area contributed by atoms with Crippen molar-refractivity contribution in [2.45, 2.75) is 64.3 Å². The van der Waals surface area contributed by atoms with E-state index in [1.54, 1.807) is 4.68 Å². The monoisotopic (exact) mass is 356 g/mol. The molecule has 0 bridgehead atoms. The van der Waals surface area contributed by atoms with E-state index in [2.05, 4.69) is 21.6 Å². The SMILES string of the molecule is CCc1nn(C)c(CC)c1S(=O)(=O)N[C@@H](C)CN1CCC[C@H](C)C1. The van der Waals surface area contributed by atoms with Gasteiger partial charge in [-0.1, -0.05) is 20.8 Å². The van der Waals surface area contributed by atoms with E-state index in [-0.39, 0.29) is 6.04 Å². The third-order valence-electron chi connectivity index (χ3n) is 4.75. The van der Waals surface area contributed by atoms with Gasteiger partial charge in [0.15, 0.2) is 0 Å². The van der Waals surface area contributed by atoms with E-state index in [0.29, 0.717) is 29.3 Å². The van der Waals surface area contributed by atoms with Gasteiger partial charge in [0.2, 0.25) is 10.0 Å². The Kier molecular flexibility index (Phi) is 6.45. The lowest BCUT2D eigenvalue weighted by Crippen LogP contribution is -2.45. The number of nitrogens with zero attached hydrogens (tertiary/aromatic N) is 3. The third kappa shape index (κ3) is 4.37. The molecule has 0 aliphatic carbocycles. The van der Waals surface area contributed by atoms with Gasteiger partial charge in [0, 0.05) is 26.2 Å². The van der Waals surface area contributed by atoms with E-state index < -0.39 is 10.0 Å². The summed E-state index contributed by atoms with van der Waals surface area (Å²) in [6, 6.07) is -0.116. The molecule has 0 spiro atoms. The first kappa shape index (κ1) is 19.4. The Morgan fingerprint density at radius 1 is 1.33 bits per heavy atom. The minimum absolute atomic E-state index is 0.116. The number of aromatic nitrogens is 2. The molecule has 1 N–H and O–H groups in total. The van der Waals surface area contributed by atoms with Crippen LogP contribution in [0, 0.1) is 5.92 Å². The molecule has 1 saturated heterocycles. The van der Waals surface area contributed by atoms with Crippen LogP contribution in [0.15, 0.2) is 4.90 Å². The lowest BCUT2D eigenvalue weighted by Gasteiger charge is -2.32. The van der Waals surface area contributed by atoms with Crippen LogP contribution in [0.5, 0.6) is 0 Å². The first-order valence-corrected chi connectivity index (χ1v) is 10.6. The van der Waals surface area contributed by atoms with Crippen LogP contribution in [0.4, 0.5) is 0 Å². The third-order valence-corrected chi connectivity index (χ3v) is 6.47. The Labute approximate surface area is 146 Å². The molecule has 2 rings (SSSR count). The number of nitrogens with one attached hydrogen (secondary N) is 1. The molecule has 1 fully saturated rings. The fourth-order valence-electron chi connectivity index (χ4n) is 3.73. The summed E-state index contributed by atoms with van der Waals surface area (Å²) in [7, 11) is -1.73. The van der Waals surface area contributed by atoms with Crippen molar-refractivity contribution in [3.8, 4) is 0 Å². The molecular formula is C17H32N4O2S. The largest absolute Gasteiger partial charge is 0.301 e. The smallest absolute Gasteiger partial charge is 0.244 e. The van der Waals surface area contributed by atoms with Gasteiger partial charge in [-0.25, -0.2) is 13.1 Å².